The van der Waals surface area contributed by atoms with Gasteiger partial charge < -0.3 is 9.64 Å². The first-order chi connectivity index (χ1) is 14.6. The number of ether oxygens (including phenoxy) is 1. The Morgan fingerprint density at radius 3 is 2.70 bits per heavy atom. The number of hydrogen-bond donors (Lipinski definition) is 0. The molecule has 6 nitrogen and oxygen atoms in total. The van der Waals surface area contributed by atoms with E-state index in [9.17, 15) is 4.79 Å². The largest absolute Gasteiger partial charge is 0.457 e. The van der Waals surface area contributed by atoms with Gasteiger partial charge in [0, 0.05) is 24.1 Å². The van der Waals surface area contributed by atoms with Crippen LogP contribution in [0.15, 0.2) is 36.7 Å². The molecule has 1 aromatic heterocycles. The third-order valence-electron chi connectivity index (χ3n) is 6.64. The maximum absolute atomic E-state index is 13.2. The van der Waals surface area contributed by atoms with Gasteiger partial charge in [0.25, 0.3) is 5.91 Å². The van der Waals surface area contributed by atoms with Gasteiger partial charge in [0.05, 0.1) is 24.8 Å². The summed E-state index contributed by atoms with van der Waals surface area (Å²) in [6, 6.07) is 8.51. The number of hydrogen-bond acceptors (Lipinski definition) is 5. The number of nitrogens with zero attached hydrogens (tertiary/aromatic N) is 4. The Kier molecular flexibility index (Phi) is 5.19. The summed E-state index contributed by atoms with van der Waals surface area (Å²) >= 11 is 0. The first-order valence-corrected chi connectivity index (χ1v) is 11.2. The van der Waals surface area contributed by atoms with E-state index in [2.05, 4.69) is 34.8 Å². The van der Waals surface area contributed by atoms with Crippen LogP contribution in [0, 0.1) is 0 Å². The molecule has 2 aliphatic heterocycles. The van der Waals surface area contributed by atoms with Gasteiger partial charge in [0.1, 0.15) is 0 Å². The van der Waals surface area contributed by atoms with Crippen LogP contribution in [-0.4, -0.2) is 51.2 Å². The Morgan fingerprint density at radius 1 is 1.10 bits per heavy atom. The highest BCUT2D eigenvalue weighted by Gasteiger charge is 2.40. The van der Waals surface area contributed by atoms with Crippen molar-refractivity contribution in [1.29, 1.82) is 0 Å². The molecule has 2 saturated heterocycles. The molecule has 0 bridgehead atoms. The molecule has 0 N–H and O–H groups in total. The van der Waals surface area contributed by atoms with Crippen molar-refractivity contribution in [2.45, 2.75) is 70.1 Å². The summed E-state index contributed by atoms with van der Waals surface area (Å²) < 4.78 is 6.20. The van der Waals surface area contributed by atoms with Crippen LogP contribution in [0.25, 0.3) is 0 Å². The summed E-state index contributed by atoms with van der Waals surface area (Å²) in [4.78, 5) is 26.5. The van der Waals surface area contributed by atoms with Gasteiger partial charge in [-0.05, 0) is 55.7 Å². The molecule has 30 heavy (non-hydrogen) atoms. The minimum absolute atomic E-state index is 0.0475. The number of carbonyl (C=O) groups excluding carboxylic acids is 1. The number of rotatable bonds is 5. The molecule has 5 rings (SSSR count). The summed E-state index contributed by atoms with van der Waals surface area (Å²) in [6.45, 7) is 5.71. The Bertz CT molecular complexity index is 910. The van der Waals surface area contributed by atoms with Crippen molar-refractivity contribution in [3.05, 3.63) is 53.5 Å². The quantitative estimate of drug-likeness (QED) is 0.747. The molecule has 0 radical (unpaired) electrons. The summed E-state index contributed by atoms with van der Waals surface area (Å²) in [5, 5.41) is 0. The number of amides is 1. The molecular weight excluding hydrogens is 376 g/mol. The van der Waals surface area contributed by atoms with E-state index < -0.39 is 0 Å². The molecule has 1 aromatic carbocycles. The Hall–Kier alpha value is -2.47. The molecule has 1 aliphatic carbocycles. The maximum Gasteiger partial charge on any atom is 0.254 e. The lowest BCUT2D eigenvalue weighted by Crippen LogP contribution is -2.53. The zero-order valence-corrected chi connectivity index (χ0v) is 17.8. The van der Waals surface area contributed by atoms with Gasteiger partial charge in [-0.15, -0.1) is 0 Å². The standard InChI is InChI=1S/C24H30N4O2/c1-16(2)18-4-3-5-19(12-18)24(29)27-11-10-20-8-9-23(28(20)15-27)30-22-14-25-21(13-26-22)17-6-7-17/h3-5,12-14,16-17,20,23H,6-11,15H2,1-2H3/t20-,23-/m0/s1. The zero-order valence-electron chi connectivity index (χ0n) is 17.8. The predicted octanol–water partition coefficient (Wildman–Crippen LogP) is 4.15. The molecule has 3 aliphatic rings. The third kappa shape index (κ3) is 3.93. The topological polar surface area (TPSA) is 58.6 Å². The summed E-state index contributed by atoms with van der Waals surface area (Å²) in [5.74, 6) is 1.69. The maximum atomic E-state index is 13.2. The van der Waals surface area contributed by atoms with Crippen LogP contribution in [0.4, 0.5) is 0 Å². The minimum Gasteiger partial charge on any atom is -0.457 e. The van der Waals surface area contributed by atoms with Crippen LogP contribution in [0.3, 0.4) is 0 Å². The SMILES string of the molecule is CC(C)c1cccc(C(=O)N2CC[C@@H]3CC[C@H](Oc4cnc(C5CC5)cn4)N3C2)c1. The molecule has 0 spiro atoms. The van der Waals surface area contributed by atoms with E-state index in [1.165, 1.54) is 18.4 Å². The molecule has 2 atom stereocenters. The van der Waals surface area contributed by atoms with Crippen LogP contribution in [0.2, 0.25) is 0 Å². The molecule has 3 heterocycles. The van der Waals surface area contributed by atoms with E-state index in [4.69, 9.17) is 4.74 Å². The van der Waals surface area contributed by atoms with Gasteiger partial charge in [0.15, 0.2) is 6.23 Å². The minimum atomic E-state index is -0.0475. The predicted molar refractivity (Wildman–Crippen MR) is 114 cm³/mol. The van der Waals surface area contributed by atoms with Gasteiger partial charge in [0.2, 0.25) is 5.88 Å². The molecule has 6 heteroatoms. The van der Waals surface area contributed by atoms with E-state index in [0.29, 0.717) is 30.4 Å². The monoisotopic (exact) mass is 406 g/mol. The van der Waals surface area contributed by atoms with E-state index in [1.54, 1.807) is 6.20 Å². The van der Waals surface area contributed by atoms with Gasteiger partial charge >= 0.3 is 0 Å². The lowest BCUT2D eigenvalue weighted by molar-refractivity contribution is -0.0265. The van der Waals surface area contributed by atoms with E-state index in [0.717, 1.165) is 37.1 Å². The van der Waals surface area contributed by atoms with Crippen molar-refractivity contribution >= 4 is 5.91 Å². The summed E-state index contributed by atoms with van der Waals surface area (Å²) in [5.41, 5.74) is 3.05. The molecule has 1 saturated carbocycles. The lowest BCUT2D eigenvalue weighted by atomic mass is 10.00. The second kappa shape index (κ2) is 7.99. The molecular formula is C24H30N4O2. The Labute approximate surface area is 178 Å². The van der Waals surface area contributed by atoms with Crippen molar-refractivity contribution in [3.63, 3.8) is 0 Å². The van der Waals surface area contributed by atoms with Crippen LogP contribution < -0.4 is 4.74 Å². The van der Waals surface area contributed by atoms with Crippen molar-refractivity contribution in [1.82, 2.24) is 19.8 Å². The van der Waals surface area contributed by atoms with E-state index >= 15 is 0 Å². The second-order valence-electron chi connectivity index (χ2n) is 9.15. The molecule has 2 aromatic rings. The average Bonchev–Trinajstić information content (AvgIpc) is 3.55. The van der Waals surface area contributed by atoms with Gasteiger partial charge in [-0.25, -0.2) is 9.88 Å². The molecule has 158 valence electrons. The number of fused-ring (bicyclic) bond motifs is 1. The van der Waals surface area contributed by atoms with Crippen molar-refractivity contribution in [2.75, 3.05) is 13.2 Å². The van der Waals surface area contributed by atoms with Gasteiger partial charge in [-0.3, -0.25) is 9.78 Å². The molecule has 3 fully saturated rings. The first-order valence-electron chi connectivity index (χ1n) is 11.2. The highest BCUT2D eigenvalue weighted by molar-refractivity contribution is 5.94. The summed E-state index contributed by atoms with van der Waals surface area (Å²) in [7, 11) is 0. The highest BCUT2D eigenvalue weighted by Crippen LogP contribution is 2.39. The Morgan fingerprint density at radius 2 is 1.97 bits per heavy atom. The zero-order chi connectivity index (χ0) is 20.7. The highest BCUT2D eigenvalue weighted by atomic mass is 16.5. The summed E-state index contributed by atoms with van der Waals surface area (Å²) in [6.07, 6.45) is 9.05. The fraction of sp³-hybridized carbons (Fsp3) is 0.542. The van der Waals surface area contributed by atoms with Crippen LogP contribution in [0.5, 0.6) is 5.88 Å². The van der Waals surface area contributed by atoms with Crippen molar-refractivity contribution < 1.29 is 9.53 Å². The Balaban J connectivity index is 1.26. The first kappa shape index (κ1) is 19.5. The van der Waals surface area contributed by atoms with Crippen molar-refractivity contribution in [2.24, 2.45) is 0 Å². The van der Waals surface area contributed by atoms with Crippen molar-refractivity contribution in [3.8, 4) is 5.88 Å². The van der Waals surface area contributed by atoms with Crippen LogP contribution in [-0.2, 0) is 0 Å². The third-order valence-corrected chi connectivity index (χ3v) is 6.64. The normalized spacial score (nSPS) is 24.2. The lowest BCUT2D eigenvalue weighted by Gasteiger charge is -2.40. The van der Waals surface area contributed by atoms with Crippen LogP contribution in [0.1, 0.15) is 79.4 Å². The van der Waals surface area contributed by atoms with E-state index in [1.807, 2.05) is 29.3 Å². The number of benzene rings is 1. The number of aromatic nitrogens is 2. The second-order valence-corrected chi connectivity index (χ2v) is 9.15. The fourth-order valence-corrected chi connectivity index (χ4v) is 4.61. The van der Waals surface area contributed by atoms with E-state index in [-0.39, 0.29) is 12.1 Å². The fourth-order valence-electron chi connectivity index (χ4n) is 4.61. The molecule has 0 unspecified atom stereocenters. The van der Waals surface area contributed by atoms with Crippen LogP contribution >= 0.6 is 0 Å². The smallest absolute Gasteiger partial charge is 0.254 e. The van der Waals surface area contributed by atoms with Gasteiger partial charge in [-0.2, -0.15) is 0 Å². The molecule has 1 amide bonds. The number of carbonyl (C=O) groups is 1. The average molecular weight is 407 g/mol. The van der Waals surface area contributed by atoms with Gasteiger partial charge in [-0.1, -0.05) is 26.0 Å².